The largest absolute Gasteiger partial charge is 0.477 e. The molecule has 3 saturated heterocycles. The van der Waals surface area contributed by atoms with Crippen LogP contribution >= 0.6 is 0 Å². The molecular formula is C20H31N5O3. The third kappa shape index (κ3) is 4.22. The molecular weight excluding hydrogens is 358 g/mol. The van der Waals surface area contributed by atoms with E-state index >= 15 is 0 Å². The van der Waals surface area contributed by atoms with Gasteiger partial charge in [0, 0.05) is 37.2 Å². The van der Waals surface area contributed by atoms with Gasteiger partial charge in [0.25, 0.3) is 0 Å². The number of hydrogen-bond acceptors (Lipinski definition) is 5. The van der Waals surface area contributed by atoms with Crippen LogP contribution in [0.4, 0.5) is 0 Å². The number of rotatable bonds is 5. The van der Waals surface area contributed by atoms with E-state index < -0.39 is 5.97 Å². The number of carboxylic acid groups (broad SMARTS) is 1. The molecule has 0 saturated carbocycles. The van der Waals surface area contributed by atoms with Crippen molar-refractivity contribution in [3.05, 3.63) is 17.5 Å². The molecule has 4 heterocycles. The number of amides is 1. The van der Waals surface area contributed by atoms with Gasteiger partial charge in [-0.3, -0.25) is 14.8 Å². The van der Waals surface area contributed by atoms with Crippen molar-refractivity contribution in [2.75, 3.05) is 39.3 Å². The molecule has 0 bridgehead atoms. The maximum atomic E-state index is 12.6. The summed E-state index contributed by atoms with van der Waals surface area (Å²) >= 11 is 0. The summed E-state index contributed by atoms with van der Waals surface area (Å²) in [5.74, 6) is -0.333. The lowest BCUT2D eigenvalue weighted by molar-refractivity contribution is -0.136. The van der Waals surface area contributed by atoms with Crippen LogP contribution in [0.15, 0.2) is 6.20 Å². The van der Waals surface area contributed by atoms with Crippen LogP contribution in [-0.4, -0.2) is 87.2 Å². The zero-order valence-electron chi connectivity index (χ0n) is 16.5. The van der Waals surface area contributed by atoms with E-state index in [1.54, 1.807) is 6.20 Å². The summed E-state index contributed by atoms with van der Waals surface area (Å²) in [5.41, 5.74) is 0.957. The van der Waals surface area contributed by atoms with E-state index in [9.17, 15) is 14.7 Å². The highest BCUT2D eigenvalue weighted by molar-refractivity contribution is 5.86. The second-order valence-corrected chi connectivity index (χ2v) is 8.43. The van der Waals surface area contributed by atoms with Gasteiger partial charge in [0.05, 0.1) is 6.20 Å². The van der Waals surface area contributed by atoms with Crippen molar-refractivity contribution in [2.24, 2.45) is 5.92 Å². The number of hydrogen-bond donors (Lipinski definition) is 2. The molecule has 8 heteroatoms. The summed E-state index contributed by atoms with van der Waals surface area (Å²) in [6, 6.07) is 0.586. The molecule has 1 aromatic heterocycles. The molecule has 0 radical (unpaired) electrons. The number of aromatic carboxylic acids is 1. The molecule has 0 spiro atoms. The van der Waals surface area contributed by atoms with Crippen LogP contribution in [0.3, 0.4) is 0 Å². The van der Waals surface area contributed by atoms with Crippen molar-refractivity contribution in [1.29, 1.82) is 0 Å². The van der Waals surface area contributed by atoms with Gasteiger partial charge in [0.1, 0.15) is 5.69 Å². The Morgan fingerprint density at radius 3 is 2.36 bits per heavy atom. The first-order valence-corrected chi connectivity index (χ1v) is 10.6. The Bertz CT molecular complexity index is 684. The van der Waals surface area contributed by atoms with E-state index in [4.69, 9.17) is 0 Å². The second-order valence-electron chi connectivity index (χ2n) is 8.43. The van der Waals surface area contributed by atoms with E-state index in [1.807, 2.05) is 0 Å². The number of carbonyl (C=O) groups is 2. The SMILES string of the molecule is O=C(O)c1[nH]ncc1CN1CCC(N2CCC(C(=O)N3CCCC3)CC2)CC1. The van der Waals surface area contributed by atoms with Crippen LogP contribution in [0.1, 0.15) is 54.6 Å². The van der Waals surface area contributed by atoms with E-state index in [-0.39, 0.29) is 11.6 Å². The summed E-state index contributed by atoms with van der Waals surface area (Å²) in [6.45, 7) is 6.55. The molecule has 154 valence electrons. The first kappa shape index (κ1) is 19.4. The first-order valence-electron chi connectivity index (χ1n) is 10.6. The molecule has 4 rings (SSSR count). The highest BCUT2D eigenvalue weighted by Gasteiger charge is 2.33. The van der Waals surface area contributed by atoms with Crippen LogP contribution in [0.25, 0.3) is 0 Å². The van der Waals surface area contributed by atoms with E-state index in [0.717, 1.165) is 83.4 Å². The number of H-pyrrole nitrogens is 1. The maximum Gasteiger partial charge on any atom is 0.354 e. The number of piperidine rings is 2. The van der Waals surface area contributed by atoms with Crippen molar-refractivity contribution < 1.29 is 14.7 Å². The summed E-state index contributed by atoms with van der Waals surface area (Å²) in [4.78, 5) is 30.8. The molecule has 1 amide bonds. The third-order valence-electron chi connectivity index (χ3n) is 6.70. The van der Waals surface area contributed by atoms with Gasteiger partial charge in [-0.25, -0.2) is 4.79 Å². The average Bonchev–Trinajstić information content (AvgIpc) is 3.40. The molecule has 1 aromatic rings. The van der Waals surface area contributed by atoms with Crippen molar-refractivity contribution in [1.82, 2.24) is 24.9 Å². The second kappa shape index (κ2) is 8.61. The monoisotopic (exact) mass is 389 g/mol. The zero-order valence-corrected chi connectivity index (χ0v) is 16.5. The highest BCUT2D eigenvalue weighted by Crippen LogP contribution is 2.26. The number of likely N-dealkylation sites (tertiary alicyclic amines) is 3. The number of nitrogens with zero attached hydrogens (tertiary/aromatic N) is 4. The fourth-order valence-corrected chi connectivity index (χ4v) is 5.01. The van der Waals surface area contributed by atoms with Crippen LogP contribution in [-0.2, 0) is 11.3 Å². The van der Waals surface area contributed by atoms with E-state index in [2.05, 4.69) is 24.9 Å². The van der Waals surface area contributed by atoms with Crippen molar-refractivity contribution in [3.63, 3.8) is 0 Å². The van der Waals surface area contributed by atoms with Crippen molar-refractivity contribution in [2.45, 2.75) is 51.1 Å². The van der Waals surface area contributed by atoms with Gasteiger partial charge in [-0.05, 0) is 64.7 Å². The maximum absolute atomic E-state index is 12.6. The normalized spacial score (nSPS) is 23.4. The fourth-order valence-electron chi connectivity index (χ4n) is 5.01. The Balaban J connectivity index is 1.22. The zero-order chi connectivity index (χ0) is 19.5. The van der Waals surface area contributed by atoms with Gasteiger partial charge in [0.2, 0.25) is 5.91 Å². The fraction of sp³-hybridized carbons (Fsp3) is 0.750. The standard InChI is InChI=1S/C20H31N5O3/c26-19(25-7-1-2-8-25)15-3-11-24(12-4-15)17-5-9-23(10-6-17)14-16-13-21-22-18(16)20(27)28/h13,15,17H,1-12,14H2,(H,21,22)(H,27,28). The third-order valence-corrected chi connectivity index (χ3v) is 6.70. The first-order chi connectivity index (χ1) is 13.6. The summed E-state index contributed by atoms with van der Waals surface area (Å²) in [5, 5.41) is 15.7. The van der Waals surface area contributed by atoms with Gasteiger partial charge in [-0.1, -0.05) is 0 Å². The smallest absolute Gasteiger partial charge is 0.354 e. The molecule has 0 aliphatic carbocycles. The van der Waals surface area contributed by atoms with Crippen LogP contribution in [0.5, 0.6) is 0 Å². The highest BCUT2D eigenvalue weighted by atomic mass is 16.4. The quantitative estimate of drug-likeness (QED) is 0.791. The minimum absolute atomic E-state index is 0.201. The molecule has 3 aliphatic rings. The lowest BCUT2D eigenvalue weighted by Gasteiger charge is -2.42. The van der Waals surface area contributed by atoms with Crippen LogP contribution in [0.2, 0.25) is 0 Å². The molecule has 3 aliphatic heterocycles. The lowest BCUT2D eigenvalue weighted by atomic mass is 9.92. The van der Waals surface area contributed by atoms with Crippen LogP contribution in [0, 0.1) is 5.92 Å². The lowest BCUT2D eigenvalue weighted by Crippen LogP contribution is -2.49. The van der Waals surface area contributed by atoms with Crippen LogP contribution < -0.4 is 0 Å². The molecule has 8 nitrogen and oxygen atoms in total. The Hall–Kier alpha value is -1.93. The Morgan fingerprint density at radius 1 is 1.04 bits per heavy atom. The molecule has 0 atom stereocenters. The summed E-state index contributed by atoms with van der Waals surface area (Å²) in [7, 11) is 0. The average molecular weight is 390 g/mol. The van der Waals surface area contributed by atoms with Gasteiger partial charge in [-0.2, -0.15) is 5.10 Å². The van der Waals surface area contributed by atoms with Gasteiger partial charge in [0.15, 0.2) is 0 Å². The number of aromatic nitrogens is 2. The molecule has 3 fully saturated rings. The number of carboxylic acids is 1. The Labute approximate surface area is 165 Å². The van der Waals surface area contributed by atoms with E-state index in [1.165, 1.54) is 0 Å². The molecule has 28 heavy (non-hydrogen) atoms. The predicted octanol–water partition coefficient (Wildman–Crippen LogP) is 1.41. The van der Waals surface area contributed by atoms with Crippen molar-refractivity contribution in [3.8, 4) is 0 Å². The summed E-state index contributed by atoms with van der Waals surface area (Å²) < 4.78 is 0. The van der Waals surface area contributed by atoms with Gasteiger partial charge in [-0.15, -0.1) is 0 Å². The molecule has 0 aromatic carbocycles. The minimum atomic E-state index is -0.950. The number of aromatic amines is 1. The van der Waals surface area contributed by atoms with Gasteiger partial charge >= 0.3 is 5.97 Å². The minimum Gasteiger partial charge on any atom is -0.477 e. The van der Waals surface area contributed by atoms with E-state index in [0.29, 0.717) is 18.5 Å². The number of carbonyl (C=O) groups excluding carboxylic acids is 1. The number of nitrogens with one attached hydrogen (secondary N) is 1. The summed E-state index contributed by atoms with van der Waals surface area (Å²) in [6.07, 6.45) is 8.14. The van der Waals surface area contributed by atoms with Gasteiger partial charge < -0.3 is 14.9 Å². The molecule has 2 N–H and O–H groups in total. The Kier molecular flexibility index (Phi) is 5.96. The predicted molar refractivity (Wildman–Crippen MR) is 104 cm³/mol. The van der Waals surface area contributed by atoms with Crippen molar-refractivity contribution >= 4 is 11.9 Å². The Morgan fingerprint density at radius 2 is 1.71 bits per heavy atom. The topological polar surface area (TPSA) is 92.8 Å². The molecule has 0 unspecified atom stereocenters.